The highest BCUT2D eigenvalue weighted by Gasteiger charge is 2.16. The molecule has 1 aromatic heterocycles. The number of thioether (sulfide) groups is 1. The number of carbonyl (C=O) groups excluding carboxylic acids is 1. The number of amides is 1. The molecule has 1 amide bonds. The molecule has 26 heavy (non-hydrogen) atoms. The van der Waals surface area contributed by atoms with E-state index in [-0.39, 0.29) is 28.5 Å². The van der Waals surface area contributed by atoms with Crippen molar-refractivity contribution in [3.05, 3.63) is 70.3 Å². The van der Waals surface area contributed by atoms with E-state index in [0.29, 0.717) is 5.16 Å². The second-order valence-corrected chi connectivity index (χ2v) is 7.60. The van der Waals surface area contributed by atoms with Crippen molar-refractivity contribution in [1.29, 1.82) is 0 Å². The van der Waals surface area contributed by atoms with Crippen molar-refractivity contribution in [2.24, 2.45) is 0 Å². The van der Waals surface area contributed by atoms with Gasteiger partial charge in [-0.15, -0.1) is 0 Å². The summed E-state index contributed by atoms with van der Waals surface area (Å²) in [6.07, 6.45) is 0.139. The molecule has 0 saturated carbocycles. The lowest BCUT2D eigenvalue weighted by Crippen LogP contribution is -2.36. The number of carbonyl (C=O) groups is 1. The van der Waals surface area contributed by atoms with Crippen molar-refractivity contribution in [2.75, 3.05) is 5.43 Å². The third-order valence-electron chi connectivity index (χ3n) is 3.59. The Hall–Kier alpha value is -2.67. The van der Waals surface area contributed by atoms with Crippen LogP contribution in [0.15, 0.2) is 58.5 Å². The smallest absolute Gasteiger partial charge is 0.273 e. The van der Waals surface area contributed by atoms with E-state index in [4.69, 9.17) is 0 Å². The Morgan fingerprint density at radius 1 is 1.23 bits per heavy atom. The van der Waals surface area contributed by atoms with Gasteiger partial charge in [0.2, 0.25) is 5.91 Å². The van der Waals surface area contributed by atoms with Gasteiger partial charge in [-0.2, -0.15) is 4.68 Å². The Bertz CT molecular complexity index is 1000. The molecule has 0 unspecified atom stereocenters. The number of halogens is 1. The van der Waals surface area contributed by atoms with E-state index in [9.17, 15) is 14.0 Å². The summed E-state index contributed by atoms with van der Waals surface area (Å²) >= 11 is 1.32. The summed E-state index contributed by atoms with van der Waals surface area (Å²) in [7, 11) is 0. The lowest BCUT2D eigenvalue weighted by molar-refractivity contribution is -0.116. The van der Waals surface area contributed by atoms with Crippen molar-refractivity contribution in [1.82, 2.24) is 9.66 Å². The molecule has 0 aliphatic heterocycles. The third kappa shape index (κ3) is 4.11. The minimum absolute atomic E-state index is 0.130. The molecule has 7 heteroatoms. The molecule has 3 aromatic rings. The largest absolute Gasteiger partial charge is 0.281 e. The van der Waals surface area contributed by atoms with Gasteiger partial charge in [-0.1, -0.05) is 55.9 Å². The summed E-state index contributed by atoms with van der Waals surface area (Å²) in [6.45, 7) is 3.89. The zero-order valence-electron chi connectivity index (χ0n) is 14.4. The number of benzene rings is 2. The number of hydrogen-bond acceptors (Lipinski definition) is 4. The van der Waals surface area contributed by atoms with Crippen LogP contribution in [0.1, 0.15) is 19.4 Å². The average molecular weight is 371 g/mol. The zero-order chi connectivity index (χ0) is 18.7. The van der Waals surface area contributed by atoms with Crippen molar-refractivity contribution < 1.29 is 9.18 Å². The second kappa shape index (κ2) is 7.70. The molecular formula is C19H18FN3O2S. The van der Waals surface area contributed by atoms with Crippen LogP contribution in [-0.2, 0) is 11.2 Å². The number of rotatable bonds is 5. The van der Waals surface area contributed by atoms with Gasteiger partial charge in [-0.05, 0) is 17.7 Å². The van der Waals surface area contributed by atoms with Crippen LogP contribution in [0, 0.1) is 5.82 Å². The highest BCUT2D eigenvalue weighted by atomic mass is 32.2. The highest BCUT2D eigenvalue weighted by Crippen LogP contribution is 2.21. The Morgan fingerprint density at radius 3 is 2.65 bits per heavy atom. The van der Waals surface area contributed by atoms with Crippen molar-refractivity contribution in [2.45, 2.75) is 30.7 Å². The van der Waals surface area contributed by atoms with E-state index in [1.165, 1.54) is 30.0 Å². The molecule has 2 aromatic carbocycles. The van der Waals surface area contributed by atoms with Crippen LogP contribution in [-0.4, -0.2) is 20.8 Å². The van der Waals surface area contributed by atoms with Gasteiger partial charge in [-0.25, -0.2) is 9.37 Å². The van der Waals surface area contributed by atoms with Gasteiger partial charge in [0.1, 0.15) is 5.82 Å². The summed E-state index contributed by atoms with van der Waals surface area (Å²) in [5, 5.41) is 0.703. The number of nitrogens with one attached hydrogen (secondary N) is 1. The monoisotopic (exact) mass is 371 g/mol. The maximum absolute atomic E-state index is 13.5. The fraction of sp³-hybridized carbons (Fsp3) is 0.211. The minimum Gasteiger partial charge on any atom is -0.273 e. The average Bonchev–Trinajstić information content (AvgIpc) is 2.58. The molecule has 1 heterocycles. The van der Waals surface area contributed by atoms with Gasteiger partial charge < -0.3 is 0 Å². The molecule has 0 aliphatic carbocycles. The highest BCUT2D eigenvalue weighted by molar-refractivity contribution is 7.99. The maximum Gasteiger partial charge on any atom is 0.281 e. The SMILES string of the molecule is CC(C)Sc1nc2cc(F)ccc2c(=O)n1NC(=O)Cc1ccccc1. The normalized spacial score (nSPS) is 11.1. The van der Waals surface area contributed by atoms with Crippen LogP contribution < -0.4 is 11.0 Å². The van der Waals surface area contributed by atoms with E-state index < -0.39 is 11.4 Å². The Kier molecular flexibility index (Phi) is 5.37. The molecule has 0 fully saturated rings. The van der Waals surface area contributed by atoms with Gasteiger partial charge in [0, 0.05) is 11.3 Å². The molecule has 0 aliphatic rings. The van der Waals surface area contributed by atoms with Crippen LogP contribution in [0.3, 0.4) is 0 Å². The summed E-state index contributed by atoms with van der Waals surface area (Å²) in [5.41, 5.74) is 3.31. The van der Waals surface area contributed by atoms with Crippen LogP contribution >= 0.6 is 11.8 Å². The Labute approximate surface area is 154 Å². The first kappa shape index (κ1) is 18.1. The molecule has 0 spiro atoms. The van der Waals surface area contributed by atoms with E-state index in [1.54, 1.807) is 0 Å². The molecular weight excluding hydrogens is 353 g/mol. The third-order valence-corrected chi connectivity index (χ3v) is 4.54. The molecule has 0 saturated heterocycles. The van der Waals surface area contributed by atoms with Gasteiger partial charge in [0.15, 0.2) is 5.16 Å². The lowest BCUT2D eigenvalue weighted by Gasteiger charge is -2.15. The molecule has 3 rings (SSSR count). The zero-order valence-corrected chi connectivity index (χ0v) is 15.2. The maximum atomic E-state index is 13.5. The molecule has 134 valence electrons. The molecule has 0 atom stereocenters. The number of nitrogens with zero attached hydrogens (tertiary/aromatic N) is 2. The van der Waals surface area contributed by atoms with Crippen molar-refractivity contribution in [3.63, 3.8) is 0 Å². The standard InChI is InChI=1S/C19H18FN3O2S/c1-12(2)26-19-21-16-11-14(20)8-9-15(16)18(25)23(19)22-17(24)10-13-6-4-3-5-7-13/h3-9,11-12H,10H2,1-2H3,(H,22,24). The van der Waals surface area contributed by atoms with Gasteiger partial charge in [-0.3, -0.25) is 15.0 Å². The van der Waals surface area contributed by atoms with Gasteiger partial charge in [0.25, 0.3) is 5.56 Å². The second-order valence-electron chi connectivity index (χ2n) is 6.06. The van der Waals surface area contributed by atoms with Crippen molar-refractivity contribution >= 4 is 28.6 Å². The molecule has 0 radical (unpaired) electrons. The summed E-state index contributed by atoms with van der Waals surface area (Å²) in [4.78, 5) is 29.6. The quantitative estimate of drug-likeness (QED) is 0.552. The van der Waals surface area contributed by atoms with E-state index in [0.717, 1.165) is 10.2 Å². The van der Waals surface area contributed by atoms with Crippen molar-refractivity contribution in [3.8, 4) is 0 Å². The first-order valence-electron chi connectivity index (χ1n) is 8.17. The fourth-order valence-electron chi connectivity index (χ4n) is 2.47. The number of aromatic nitrogens is 2. The van der Waals surface area contributed by atoms with Crippen LogP contribution in [0.25, 0.3) is 10.9 Å². The molecule has 1 N–H and O–H groups in total. The van der Waals surface area contributed by atoms with E-state index in [1.807, 2.05) is 44.2 Å². The fourth-order valence-corrected chi connectivity index (χ4v) is 3.28. The van der Waals surface area contributed by atoms with Gasteiger partial charge in [0.05, 0.1) is 17.3 Å². The Balaban J connectivity index is 1.99. The predicted octanol–water partition coefficient (Wildman–Crippen LogP) is 3.35. The van der Waals surface area contributed by atoms with Crippen LogP contribution in [0.2, 0.25) is 0 Å². The molecule has 5 nitrogen and oxygen atoms in total. The first-order chi connectivity index (χ1) is 12.4. The minimum atomic E-state index is -0.462. The van der Waals surface area contributed by atoms with Crippen LogP contribution in [0.4, 0.5) is 4.39 Å². The topological polar surface area (TPSA) is 64.0 Å². The van der Waals surface area contributed by atoms with E-state index >= 15 is 0 Å². The van der Waals surface area contributed by atoms with Gasteiger partial charge >= 0.3 is 0 Å². The predicted molar refractivity (Wildman–Crippen MR) is 101 cm³/mol. The number of fused-ring (bicyclic) bond motifs is 1. The summed E-state index contributed by atoms with van der Waals surface area (Å²) in [6, 6.07) is 13.1. The molecule has 0 bridgehead atoms. The lowest BCUT2D eigenvalue weighted by atomic mass is 10.1. The first-order valence-corrected chi connectivity index (χ1v) is 9.05. The summed E-state index contributed by atoms with van der Waals surface area (Å²) < 4.78 is 14.6. The van der Waals surface area contributed by atoms with E-state index in [2.05, 4.69) is 10.4 Å². The number of hydrogen-bond donors (Lipinski definition) is 1. The Morgan fingerprint density at radius 2 is 1.96 bits per heavy atom. The van der Waals surface area contributed by atoms with Crippen LogP contribution in [0.5, 0.6) is 0 Å². The summed E-state index contributed by atoms with van der Waals surface area (Å²) in [5.74, 6) is -0.789.